The molecule has 0 radical (unpaired) electrons. The standard InChI is InChI=1S/C18H21N3O6S/c1-18(2,3)27-17(24)20-11-5-4-6-12(9-11)21-28(25,26)13-7-8-15(22)14(10-13)16(19)23/h4-10,21-22H,1-3H3,(H2,19,23)(H,20,24). The third-order valence-corrected chi connectivity index (χ3v) is 4.68. The van der Waals surface area contributed by atoms with Gasteiger partial charge in [0.15, 0.2) is 0 Å². The van der Waals surface area contributed by atoms with Crippen LogP contribution in [0.4, 0.5) is 16.2 Å². The SMILES string of the molecule is CC(C)(C)OC(=O)Nc1cccc(NS(=O)(=O)c2ccc(O)c(C(N)=O)c2)c1. The number of amides is 2. The average Bonchev–Trinajstić information content (AvgIpc) is 2.52. The highest BCUT2D eigenvalue weighted by atomic mass is 32.2. The number of anilines is 2. The van der Waals surface area contributed by atoms with E-state index < -0.39 is 33.4 Å². The summed E-state index contributed by atoms with van der Waals surface area (Å²) in [5.41, 5.74) is 4.61. The number of carbonyl (C=O) groups excluding carboxylic acids is 2. The minimum Gasteiger partial charge on any atom is -0.507 e. The number of hydrogen-bond donors (Lipinski definition) is 4. The van der Waals surface area contributed by atoms with Gasteiger partial charge in [0.2, 0.25) is 0 Å². The summed E-state index contributed by atoms with van der Waals surface area (Å²) in [5, 5.41) is 12.1. The van der Waals surface area contributed by atoms with Gasteiger partial charge < -0.3 is 15.6 Å². The molecule has 2 aromatic carbocycles. The predicted octanol–water partition coefficient (Wildman–Crippen LogP) is 2.64. The molecular weight excluding hydrogens is 386 g/mol. The molecule has 5 N–H and O–H groups in total. The van der Waals surface area contributed by atoms with E-state index in [2.05, 4.69) is 10.0 Å². The van der Waals surface area contributed by atoms with Crippen molar-refractivity contribution >= 4 is 33.4 Å². The number of carbonyl (C=O) groups is 2. The summed E-state index contributed by atoms with van der Waals surface area (Å²) >= 11 is 0. The van der Waals surface area contributed by atoms with Gasteiger partial charge in [-0.1, -0.05) is 6.07 Å². The van der Waals surface area contributed by atoms with E-state index in [0.29, 0.717) is 5.69 Å². The highest BCUT2D eigenvalue weighted by Crippen LogP contribution is 2.24. The van der Waals surface area contributed by atoms with E-state index in [4.69, 9.17) is 10.5 Å². The molecule has 0 aliphatic carbocycles. The van der Waals surface area contributed by atoms with Gasteiger partial charge in [-0.3, -0.25) is 14.8 Å². The molecule has 0 saturated carbocycles. The first-order chi connectivity index (χ1) is 12.9. The van der Waals surface area contributed by atoms with Crippen molar-refractivity contribution < 1.29 is 27.9 Å². The maximum Gasteiger partial charge on any atom is 0.412 e. The Labute approximate surface area is 162 Å². The molecule has 0 unspecified atom stereocenters. The van der Waals surface area contributed by atoms with Crippen LogP contribution in [0, 0.1) is 0 Å². The van der Waals surface area contributed by atoms with Crippen LogP contribution in [0.15, 0.2) is 47.4 Å². The first-order valence-electron chi connectivity index (χ1n) is 8.13. The van der Waals surface area contributed by atoms with E-state index in [9.17, 15) is 23.1 Å². The van der Waals surface area contributed by atoms with Crippen LogP contribution in [0.2, 0.25) is 0 Å². The molecule has 10 heteroatoms. The number of nitrogens with one attached hydrogen (secondary N) is 2. The number of aromatic hydroxyl groups is 1. The number of nitrogens with two attached hydrogens (primary N) is 1. The smallest absolute Gasteiger partial charge is 0.412 e. The first kappa shape index (κ1) is 21.0. The molecule has 0 aromatic heterocycles. The summed E-state index contributed by atoms with van der Waals surface area (Å²) in [6.45, 7) is 5.15. The van der Waals surface area contributed by atoms with Crippen LogP contribution in [0.1, 0.15) is 31.1 Å². The van der Waals surface area contributed by atoms with Crippen LogP contribution in [0.5, 0.6) is 5.75 Å². The highest BCUT2D eigenvalue weighted by molar-refractivity contribution is 7.92. The van der Waals surface area contributed by atoms with E-state index >= 15 is 0 Å². The largest absolute Gasteiger partial charge is 0.507 e. The lowest BCUT2D eigenvalue weighted by Crippen LogP contribution is -2.27. The van der Waals surface area contributed by atoms with Gasteiger partial charge in [0, 0.05) is 5.69 Å². The van der Waals surface area contributed by atoms with Crippen molar-refractivity contribution in [3.63, 3.8) is 0 Å². The Bertz CT molecular complexity index is 1010. The van der Waals surface area contributed by atoms with Crippen molar-refractivity contribution in [2.24, 2.45) is 5.73 Å². The predicted molar refractivity (Wildman–Crippen MR) is 104 cm³/mol. The fourth-order valence-corrected chi connectivity index (χ4v) is 3.25. The number of sulfonamides is 1. The summed E-state index contributed by atoms with van der Waals surface area (Å²) < 4.78 is 32.6. The van der Waals surface area contributed by atoms with Gasteiger partial charge in [-0.25, -0.2) is 13.2 Å². The molecular formula is C18H21N3O6S. The maximum absolute atomic E-state index is 12.6. The first-order valence-corrected chi connectivity index (χ1v) is 9.61. The summed E-state index contributed by atoms with van der Waals surface area (Å²) in [4.78, 5) is 22.9. The Morgan fingerprint density at radius 2 is 1.71 bits per heavy atom. The second kappa shape index (κ2) is 7.77. The van der Waals surface area contributed by atoms with E-state index in [1.54, 1.807) is 26.8 Å². The molecule has 150 valence electrons. The Morgan fingerprint density at radius 1 is 1.07 bits per heavy atom. The van der Waals surface area contributed by atoms with Gasteiger partial charge in [0.25, 0.3) is 15.9 Å². The molecule has 0 aliphatic heterocycles. The average molecular weight is 407 g/mol. The molecule has 2 aromatic rings. The Kier molecular flexibility index (Phi) is 5.84. The van der Waals surface area contributed by atoms with Gasteiger partial charge in [-0.2, -0.15) is 0 Å². The Hall–Kier alpha value is -3.27. The molecule has 0 saturated heterocycles. The van der Waals surface area contributed by atoms with Crippen molar-refractivity contribution in [1.29, 1.82) is 0 Å². The molecule has 0 atom stereocenters. The minimum absolute atomic E-state index is 0.169. The van der Waals surface area contributed by atoms with Crippen molar-refractivity contribution in [2.75, 3.05) is 10.0 Å². The molecule has 28 heavy (non-hydrogen) atoms. The third kappa shape index (κ3) is 5.61. The molecule has 0 spiro atoms. The molecule has 2 amide bonds. The Balaban J connectivity index is 2.22. The van der Waals surface area contributed by atoms with Crippen LogP contribution in [0.3, 0.4) is 0 Å². The number of hydrogen-bond acceptors (Lipinski definition) is 6. The molecule has 0 fully saturated rings. The fraction of sp³-hybridized carbons (Fsp3) is 0.222. The van der Waals surface area contributed by atoms with E-state index in [1.807, 2.05) is 0 Å². The normalized spacial score (nSPS) is 11.5. The van der Waals surface area contributed by atoms with E-state index in [0.717, 1.165) is 18.2 Å². The van der Waals surface area contributed by atoms with Gasteiger partial charge in [0.1, 0.15) is 11.4 Å². The van der Waals surface area contributed by atoms with Crippen LogP contribution in [-0.2, 0) is 14.8 Å². The van der Waals surface area contributed by atoms with Crippen molar-refractivity contribution in [1.82, 2.24) is 0 Å². The highest BCUT2D eigenvalue weighted by Gasteiger charge is 2.19. The van der Waals surface area contributed by atoms with E-state index in [-0.39, 0.29) is 16.1 Å². The van der Waals surface area contributed by atoms with Gasteiger partial charge in [0.05, 0.1) is 16.1 Å². The van der Waals surface area contributed by atoms with Crippen LogP contribution >= 0.6 is 0 Å². The van der Waals surface area contributed by atoms with Gasteiger partial charge in [-0.05, 0) is 57.2 Å². The van der Waals surface area contributed by atoms with Gasteiger partial charge >= 0.3 is 6.09 Å². The summed E-state index contributed by atoms with van der Waals surface area (Å²) in [6, 6.07) is 9.15. The number of primary amides is 1. The summed E-state index contributed by atoms with van der Waals surface area (Å²) in [5.74, 6) is -1.38. The number of phenols is 1. The van der Waals surface area contributed by atoms with E-state index in [1.165, 1.54) is 18.2 Å². The lowest BCUT2D eigenvalue weighted by atomic mass is 10.2. The maximum atomic E-state index is 12.6. The van der Waals surface area contributed by atoms with Crippen molar-refractivity contribution in [3.05, 3.63) is 48.0 Å². The van der Waals surface area contributed by atoms with Crippen molar-refractivity contribution in [2.45, 2.75) is 31.3 Å². The molecule has 2 rings (SSSR count). The topological polar surface area (TPSA) is 148 Å². The molecule has 0 heterocycles. The number of rotatable bonds is 5. The quantitative estimate of drug-likeness (QED) is 0.599. The van der Waals surface area contributed by atoms with Crippen LogP contribution in [0.25, 0.3) is 0 Å². The second-order valence-electron chi connectivity index (χ2n) is 6.86. The van der Waals surface area contributed by atoms with Crippen LogP contribution < -0.4 is 15.8 Å². The minimum atomic E-state index is -4.07. The Morgan fingerprint density at radius 3 is 2.32 bits per heavy atom. The monoisotopic (exact) mass is 407 g/mol. The molecule has 0 aliphatic rings. The van der Waals surface area contributed by atoms with Crippen molar-refractivity contribution in [3.8, 4) is 5.75 Å². The van der Waals surface area contributed by atoms with Gasteiger partial charge in [-0.15, -0.1) is 0 Å². The second-order valence-corrected chi connectivity index (χ2v) is 8.54. The third-order valence-electron chi connectivity index (χ3n) is 3.30. The zero-order valence-corrected chi connectivity index (χ0v) is 16.3. The van der Waals surface area contributed by atoms with Crippen LogP contribution in [-0.4, -0.2) is 31.1 Å². The zero-order chi connectivity index (χ0) is 21.1. The summed E-state index contributed by atoms with van der Waals surface area (Å²) in [6.07, 6.45) is -0.683. The number of benzene rings is 2. The lowest BCUT2D eigenvalue weighted by molar-refractivity contribution is 0.0635. The number of ether oxygens (including phenoxy) is 1. The fourth-order valence-electron chi connectivity index (χ4n) is 2.18. The zero-order valence-electron chi connectivity index (χ0n) is 15.5. The lowest BCUT2D eigenvalue weighted by Gasteiger charge is -2.19. The molecule has 9 nitrogen and oxygen atoms in total. The summed E-state index contributed by atoms with van der Waals surface area (Å²) in [7, 11) is -4.07. The molecule has 0 bridgehead atoms.